The van der Waals surface area contributed by atoms with Crippen molar-refractivity contribution in [2.75, 3.05) is 11.2 Å². The molecule has 10 heteroatoms. The van der Waals surface area contributed by atoms with E-state index in [2.05, 4.69) is 9.97 Å². The Morgan fingerprint density at radius 1 is 1.19 bits per heavy atom. The molecule has 4 N–H and O–H groups in total. The number of aromatic nitrogens is 2. The highest BCUT2D eigenvalue weighted by Crippen LogP contribution is 2.43. The van der Waals surface area contributed by atoms with Crippen LogP contribution in [0.2, 0.25) is 10.0 Å². The number of nitrogen functional groups attached to an aromatic ring is 1. The summed E-state index contributed by atoms with van der Waals surface area (Å²) < 4.78 is 39.4. The first-order chi connectivity index (χ1) is 9.75. The Labute approximate surface area is 126 Å². The first-order valence-electron chi connectivity index (χ1n) is 5.35. The number of rotatable bonds is 2. The molecular formula is C11H7Cl2F3N4O. The lowest BCUT2D eigenvalue weighted by atomic mass is 10.0. The molecule has 0 saturated carbocycles. The summed E-state index contributed by atoms with van der Waals surface area (Å²) in [4.78, 5) is 6.71. The molecule has 2 aromatic rings. The number of hydrogen-bond acceptors (Lipinski definition) is 5. The minimum atomic E-state index is -4.83. The molecule has 0 amide bonds. The van der Waals surface area contributed by atoms with Gasteiger partial charge in [-0.15, -0.1) is 0 Å². The zero-order chi connectivity index (χ0) is 15.8. The summed E-state index contributed by atoms with van der Waals surface area (Å²) in [5.74, 6) is -1.18. The van der Waals surface area contributed by atoms with Gasteiger partial charge in [0.2, 0.25) is 5.95 Å². The van der Waals surface area contributed by atoms with Crippen LogP contribution in [-0.2, 0) is 6.18 Å². The van der Waals surface area contributed by atoms with E-state index in [0.717, 1.165) is 0 Å². The number of anilines is 2. The van der Waals surface area contributed by atoms with E-state index in [0.29, 0.717) is 0 Å². The number of nitrogens with two attached hydrogens (primary N) is 1. The van der Waals surface area contributed by atoms with Gasteiger partial charge in [0.05, 0.1) is 15.6 Å². The maximum absolute atomic E-state index is 13.1. The number of nitrogens with zero attached hydrogens (tertiary/aromatic N) is 2. The van der Waals surface area contributed by atoms with Gasteiger partial charge in [-0.05, 0) is 6.07 Å². The smallest absolute Gasteiger partial charge is 0.368 e. The molecule has 0 saturated heterocycles. The van der Waals surface area contributed by atoms with Crippen LogP contribution < -0.4 is 11.2 Å². The lowest BCUT2D eigenvalue weighted by Gasteiger charge is -2.16. The Morgan fingerprint density at radius 2 is 1.86 bits per heavy atom. The normalized spacial score (nSPS) is 11.5. The molecule has 0 radical (unpaired) electrons. The van der Waals surface area contributed by atoms with Gasteiger partial charge in [-0.3, -0.25) is 10.7 Å². The zero-order valence-electron chi connectivity index (χ0n) is 10.0. The molecule has 0 fully saturated rings. The molecule has 0 bridgehead atoms. The van der Waals surface area contributed by atoms with E-state index < -0.39 is 29.2 Å². The van der Waals surface area contributed by atoms with Gasteiger partial charge in [0, 0.05) is 5.56 Å². The molecule has 1 aromatic heterocycles. The van der Waals surface area contributed by atoms with Crippen molar-refractivity contribution in [3.63, 3.8) is 0 Å². The van der Waals surface area contributed by atoms with Crippen molar-refractivity contribution in [3.05, 3.63) is 33.9 Å². The van der Waals surface area contributed by atoms with Crippen LogP contribution in [0.5, 0.6) is 0 Å². The molecule has 2 rings (SSSR count). The summed E-state index contributed by atoms with van der Waals surface area (Å²) in [6, 6.07) is 4.10. The standard InChI is InChI=1S/C11H7Cl2F3N4O/c12-5-3-1-2-4(7(5)13)6-8(11(14,15)16)18-10(17)19-9(6)20-21/h1-3,21H,(H3,17,18,19,20). The van der Waals surface area contributed by atoms with E-state index in [4.69, 9.17) is 34.1 Å². The van der Waals surface area contributed by atoms with Crippen molar-refractivity contribution >= 4 is 35.0 Å². The molecule has 0 aliphatic heterocycles. The number of hydrogen-bond donors (Lipinski definition) is 3. The fourth-order valence-electron chi connectivity index (χ4n) is 1.72. The Hall–Kier alpha value is -1.77. The second kappa shape index (κ2) is 5.55. The topological polar surface area (TPSA) is 84.1 Å². The molecule has 0 spiro atoms. The third-order valence-electron chi connectivity index (χ3n) is 2.52. The quantitative estimate of drug-likeness (QED) is 0.724. The summed E-state index contributed by atoms with van der Waals surface area (Å²) in [5.41, 5.74) is 4.80. The number of nitrogens with one attached hydrogen (secondary N) is 1. The van der Waals surface area contributed by atoms with Crippen molar-refractivity contribution in [2.24, 2.45) is 0 Å². The van der Waals surface area contributed by atoms with Gasteiger partial charge in [0.1, 0.15) is 0 Å². The zero-order valence-corrected chi connectivity index (χ0v) is 11.6. The van der Waals surface area contributed by atoms with Crippen LogP contribution in [0.4, 0.5) is 24.9 Å². The minimum Gasteiger partial charge on any atom is -0.368 e. The maximum atomic E-state index is 13.1. The predicted octanol–water partition coefficient (Wildman–Crippen LogP) is 3.85. The van der Waals surface area contributed by atoms with Crippen LogP contribution in [-0.4, -0.2) is 15.2 Å². The summed E-state index contributed by atoms with van der Waals surface area (Å²) in [7, 11) is 0. The first-order valence-corrected chi connectivity index (χ1v) is 6.10. The summed E-state index contributed by atoms with van der Waals surface area (Å²) >= 11 is 11.7. The second-order valence-electron chi connectivity index (χ2n) is 3.86. The predicted molar refractivity (Wildman–Crippen MR) is 72.3 cm³/mol. The average Bonchev–Trinajstić information content (AvgIpc) is 2.40. The molecule has 1 aromatic carbocycles. The number of benzene rings is 1. The van der Waals surface area contributed by atoms with Crippen molar-refractivity contribution in [1.82, 2.24) is 9.97 Å². The molecule has 0 unspecified atom stereocenters. The molecular weight excluding hydrogens is 332 g/mol. The molecule has 112 valence electrons. The number of alkyl halides is 3. The molecule has 0 aliphatic carbocycles. The van der Waals surface area contributed by atoms with Gasteiger partial charge >= 0.3 is 6.18 Å². The molecule has 0 aliphatic rings. The summed E-state index contributed by atoms with van der Waals surface area (Å²) in [6.45, 7) is 0. The van der Waals surface area contributed by atoms with Crippen LogP contribution in [0.3, 0.4) is 0 Å². The Kier molecular flexibility index (Phi) is 4.13. The van der Waals surface area contributed by atoms with Crippen LogP contribution in [0.15, 0.2) is 18.2 Å². The van der Waals surface area contributed by atoms with Gasteiger partial charge < -0.3 is 5.73 Å². The highest BCUT2D eigenvalue weighted by molar-refractivity contribution is 6.43. The van der Waals surface area contributed by atoms with Crippen molar-refractivity contribution in [2.45, 2.75) is 6.18 Å². The van der Waals surface area contributed by atoms with Crippen LogP contribution in [0, 0.1) is 0 Å². The van der Waals surface area contributed by atoms with E-state index in [1.807, 2.05) is 0 Å². The van der Waals surface area contributed by atoms with Gasteiger partial charge in [0.15, 0.2) is 11.5 Å². The van der Waals surface area contributed by atoms with Crippen LogP contribution in [0.25, 0.3) is 11.1 Å². The van der Waals surface area contributed by atoms with Gasteiger partial charge in [-0.2, -0.15) is 18.2 Å². The SMILES string of the molecule is Nc1nc(NO)c(-c2cccc(Cl)c2Cl)c(C(F)(F)F)n1. The largest absolute Gasteiger partial charge is 0.434 e. The lowest BCUT2D eigenvalue weighted by molar-refractivity contribution is -0.140. The molecule has 0 atom stereocenters. The van der Waals surface area contributed by atoms with E-state index in [1.54, 1.807) is 5.48 Å². The molecule has 5 nitrogen and oxygen atoms in total. The van der Waals surface area contributed by atoms with Crippen LogP contribution in [0.1, 0.15) is 5.69 Å². The van der Waals surface area contributed by atoms with E-state index >= 15 is 0 Å². The molecule has 1 heterocycles. The van der Waals surface area contributed by atoms with Crippen molar-refractivity contribution in [3.8, 4) is 11.1 Å². The highest BCUT2D eigenvalue weighted by Gasteiger charge is 2.38. The lowest BCUT2D eigenvalue weighted by Crippen LogP contribution is -2.15. The fourth-order valence-corrected chi connectivity index (χ4v) is 2.11. The van der Waals surface area contributed by atoms with Crippen LogP contribution >= 0.6 is 23.2 Å². The Bertz CT molecular complexity index is 694. The van der Waals surface area contributed by atoms with Crippen molar-refractivity contribution < 1.29 is 18.4 Å². The van der Waals surface area contributed by atoms with Gasteiger partial charge in [0.25, 0.3) is 0 Å². The highest BCUT2D eigenvalue weighted by atomic mass is 35.5. The minimum absolute atomic E-state index is 0.0444. The summed E-state index contributed by atoms with van der Waals surface area (Å²) in [5, 5.41) is 8.93. The van der Waals surface area contributed by atoms with Crippen molar-refractivity contribution in [1.29, 1.82) is 0 Å². The van der Waals surface area contributed by atoms with E-state index in [-0.39, 0.29) is 15.6 Å². The van der Waals surface area contributed by atoms with Gasteiger partial charge in [-0.25, -0.2) is 4.98 Å². The maximum Gasteiger partial charge on any atom is 0.434 e. The monoisotopic (exact) mass is 338 g/mol. The third-order valence-corrected chi connectivity index (χ3v) is 3.34. The summed E-state index contributed by atoms with van der Waals surface area (Å²) in [6.07, 6.45) is -4.83. The Balaban J connectivity index is 2.86. The fraction of sp³-hybridized carbons (Fsp3) is 0.0909. The average molecular weight is 339 g/mol. The van der Waals surface area contributed by atoms with E-state index in [9.17, 15) is 13.2 Å². The van der Waals surface area contributed by atoms with E-state index in [1.165, 1.54) is 18.2 Å². The first kappa shape index (κ1) is 15.6. The Morgan fingerprint density at radius 3 is 2.43 bits per heavy atom. The molecule has 21 heavy (non-hydrogen) atoms. The third kappa shape index (κ3) is 2.97. The number of halogens is 5. The van der Waals surface area contributed by atoms with Gasteiger partial charge in [-0.1, -0.05) is 35.3 Å². The second-order valence-corrected chi connectivity index (χ2v) is 4.65.